The van der Waals surface area contributed by atoms with Crippen molar-refractivity contribution in [3.63, 3.8) is 0 Å². The number of nitrogens with one attached hydrogen (secondary N) is 2. The van der Waals surface area contributed by atoms with Crippen LogP contribution in [0.3, 0.4) is 0 Å². The van der Waals surface area contributed by atoms with Gasteiger partial charge in [0.05, 0.1) is 6.61 Å². The van der Waals surface area contributed by atoms with E-state index in [2.05, 4.69) is 10.6 Å². The maximum Gasteiger partial charge on any atom is 0.239 e. The monoisotopic (exact) mass is 278 g/mol. The van der Waals surface area contributed by atoms with Crippen molar-refractivity contribution in [3.05, 3.63) is 29.8 Å². The second-order valence-corrected chi connectivity index (χ2v) is 5.19. The highest BCUT2D eigenvalue weighted by Crippen LogP contribution is 2.19. The van der Waals surface area contributed by atoms with Crippen molar-refractivity contribution in [3.8, 4) is 0 Å². The van der Waals surface area contributed by atoms with Gasteiger partial charge in [0.1, 0.15) is 5.41 Å². The number of carbonyl (C=O) groups excluding carboxylic acids is 2. The Morgan fingerprint density at radius 2 is 1.75 bits per heavy atom. The first-order valence-electron chi connectivity index (χ1n) is 6.53. The van der Waals surface area contributed by atoms with Crippen LogP contribution in [0, 0.1) is 12.3 Å². The molecule has 0 atom stereocenters. The molecule has 0 aliphatic rings. The van der Waals surface area contributed by atoms with Crippen molar-refractivity contribution in [1.82, 2.24) is 5.32 Å². The van der Waals surface area contributed by atoms with E-state index < -0.39 is 5.41 Å². The third kappa shape index (κ3) is 4.35. The van der Waals surface area contributed by atoms with Gasteiger partial charge < -0.3 is 15.4 Å². The average Bonchev–Trinajstić information content (AvgIpc) is 2.41. The SMILES string of the molecule is COCCNC(=O)C(C)(C)C(=O)Nc1ccc(C)cc1. The number of benzene rings is 1. The normalized spacial score (nSPS) is 11.0. The third-order valence-electron chi connectivity index (χ3n) is 3.04. The van der Waals surface area contributed by atoms with E-state index in [1.54, 1.807) is 21.0 Å². The topological polar surface area (TPSA) is 67.4 Å². The molecule has 5 heteroatoms. The molecule has 0 saturated carbocycles. The first kappa shape index (κ1) is 16.2. The van der Waals surface area contributed by atoms with Crippen LogP contribution < -0.4 is 10.6 Å². The lowest BCUT2D eigenvalue weighted by Gasteiger charge is -2.22. The van der Waals surface area contributed by atoms with Gasteiger partial charge in [-0.05, 0) is 32.9 Å². The molecule has 0 bridgehead atoms. The number of carbonyl (C=O) groups is 2. The first-order valence-corrected chi connectivity index (χ1v) is 6.53. The summed E-state index contributed by atoms with van der Waals surface area (Å²) in [4.78, 5) is 24.2. The summed E-state index contributed by atoms with van der Waals surface area (Å²) in [6, 6.07) is 7.43. The lowest BCUT2D eigenvalue weighted by atomic mass is 9.91. The Labute approximate surface area is 119 Å². The van der Waals surface area contributed by atoms with Gasteiger partial charge in [0, 0.05) is 19.3 Å². The molecular weight excluding hydrogens is 256 g/mol. The minimum Gasteiger partial charge on any atom is -0.383 e. The predicted molar refractivity (Wildman–Crippen MR) is 78.5 cm³/mol. The molecule has 110 valence electrons. The molecule has 0 aliphatic heterocycles. The molecule has 0 aromatic heterocycles. The number of methoxy groups -OCH3 is 1. The van der Waals surface area contributed by atoms with E-state index in [4.69, 9.17) is 4.74 Å². The van der Waals surface area contributed by atoms with Crippen LogP contribution in [-0.4, -0.2) is 32.1 Å². The molecule has 0 fully saturated rings. The zero-order chi connectivity index (χ0) is 15.2. The Hall–Kier alpha value is -1.88. The standard InChI is InChI=1S/C15H22N2O3/c1-11-5-7-12(8-6-11)17-14(19)15(2,3)13(18)16-9-10-20-4/h5-8H,9-10H2,1-4H3,(H,16,18)(H,17,19). The van der Waals surface area contributed by atoms with Crippen molar-refractivity contribution >= 4 is 17.5 Å². The maximum absolute atomic E-state index is 12.2. The first-order chi connectivity index (χ1) is 9.37. The molecular formula is C15H22N2O3. The largest absolute Gasteiger partial charge is 0.383 e. The minimum absolute atomic E-state index is 0.320. The van der Waals surface area contributed by atoms with Crippen molar-refractivity contribution in [2.75, 3.05) is 25.6 Å². The molecule has 20 heavy (non-hydrogen) atoms. The molecule has 0 heterocycles. The number of ether oxygens (including phenoxy) is 1. The second-order valence-electron chi connectivity index (χ2n) is 5.19. The molecule has 0 spiro atoms. The Morgan fingerprint density at radius 1 is 1.15 bits per heavy atom. The van der Waals surface area contributed by atoms with Gasteiger partial charge in [-0.25, -0.2) is 0 Å². The van der Waals surface area contributed by atoms with E-state index in [0.717, 1.165) is 5.56 Å². The summed E-state index contributed by atoms with van der Waals surface area (Å²) in [6.45, 7) is 5.97. The van der Waals surface area contributed by atoms with Gasteiger partial charge in [-0.3, -0.25) is 9.59 Å². The van der Waals surface area contributed by atoms with E-state index in [1.807, 2.05) is 31.2 Å². The maximum atomic E-state index is 12.2. The lowest BCUT2D eigenvalue weighted by Crippen LogP contribution is -2.45. The van der Waals surface area contributed by atoms with Crippen molar-refractivity contribution < 1.29 is 14.3 Å². The summed E-state index contributed by atoms with van der Waals surface area (Å²) in [5.74, 6) is -0.657. The second kappa shape index (κ2) is 7.05. The number of aryl methyl sites for hydroxylation is 1. The van der Waals surface area contributed by atoms with Crippen LogP contribution in [0.25, 0.3) is 0 Å². The summed E-state index contributed by atoms with van der Waals surface area (Å²) in [7, 11) is 1.56. The summed E-state index contributed by atoms with van der Waals surface area (Å²) in [6.07, 6.45) is 0. The summed E-state index contributed by atoms with van der Waals surface area (Å²) < 4.78 is 4.86. The fourth-order valence-electron chi connectivity index (χ4n) is 1.51. The number of hydrogen-bond donors (Lipinski definition) is 2. The molecule has 0 aliphatic carbocycles. The van der Waals surface area contributed by atoms with E-state index in [-0.39, 0.29) is 11.8 Å². The van der Waals surface area contributed by atoms with Gasteiger partial charge in [0.2, 0.25) is 11.8 Å². The summed E-state index contributed by atoms with van der Waals surface area (Å²) in [5, 5.41) is 5.42. The van der Waals surface area contributed by atoms with Gasteiger partial charge in [-0.2, -0.15) is 0 Å². The summed E-state index contributed by atoms with van der Waals surface area (Å²) in [5.41, 5.74) is 0.650. The third-order valence-corrected chi connectivity index (χ3v) is 3.04. The fraction of sp³-hybridized carbons (Fsp3) is 0.467. The quantitative estimate of drug-likeness (QED) is 0.615. The lowest BCUT2D eigenvalue weighted by molar-refractivity contribution is -0.138. The van der Waals surface area contributed by atoms with Crippen molar-refractivity contribution in [1.29, 1.82) is 0 Å². The molecule has 1 aromatic carbocycles. The molecule has 0 saturated heterocycles. The molecule has 5 nitrogen and oxygen atoms in total. The van der Waals surface area contributed by atoms with E-state index >= 15 is 0 Å². The Bertz CT molecular complexity index is 467. The average molecular weight is 278 g/mol. The van der Waals surface area contributed by atoms with Crippen LogP contribution in [0.4, 0.5) is 5.69 Å². The van der Waals surface area contributed by atoms with Crippen molar-refractivity contribution in [2.45, 2.75) is 20.8 Å². The number of rotatable bonds is 6. The molecule has 2 amide bonds. The van der Waals surface area contributed by atoms with Crippen LogP contribution in [0.15, 0.2) is 24.3 Å². The molecule has 0 radical (unpaired) electrons. The molecule has 1 aromatic rings. The highest BCUT2D eigenvalue weighted by atomic mass is 16.5. The number of hydrogen-bond acceptors (Lipinski definition) is 3. The zero-order valence-electron chi connectivity index (χ0n) is 12.4. The number of anilines is 1. The Kier molecular flexibility index (Phi) is 5.70. The van der Waals surface area contributed by atoms with Gasteiger partial charge in [-0.1, -0.05) is 17.7 Å². The Balaban J connectivity index is 2.64. The highest BCUT2D eigenvalue weighted by Gasteiger charge is 2.35. The van der Waals surface area contributed by atoms with Crippen LogP contribution in [0.5, 0.6) is 0 Å². The van der Waals surface area contributed by atoms with Crippen molar-refractivity contribution in [2.24, 2.45) is 5.41 Å². The van der Waals surface area contributed by atoms with E-state index in [1.165, 1.54) is 0 Å². The highest BCUT2D eigenvalue weighted by molar-refractivity contribution is 6.09. The fourth-order valence-corrected chi connectivity index (χ4v) is 1.51. The molecule has 2 N–H and O–H groups in total. The number of amides is 2. The smallest absolute Gasteiger partial charge is 0.239 e. The van der Waals surface area contributed by atoms with Crippen LogP contribution in [0.2, 0.25) is 0 Å². The van der Waals surface area contributed by atoms with Gasteiger partial charge in [0.25, 0.3) is 0 Å². The minimum atomic E-state index is -1.14. The molecule has 0 unspecified atom stereocenters. The zero-order valence-corrected chi connectivity index (χ0v) is 12.4. The van der Waals surface area contributed by atoms with Gasteiger partial charge in [-0.15, -0.1) is 0 Å². The van der Waals surface area contributed by atoms with Crippen LogP contribution in [0.1, 0.15) is 19.4 Å². The predicted octanol–water partition coefficient (Wildman–Crippen LogP) is 1.72. The summed E-state index contributed by atoms with van der Waals surface area (Å²) >= 11 is 0. The van der Waals surface area contributed by atoms with Crippen LogP contribution in [-0.2, 0) is 14.3 Å². The van der Waals surface area contributed by atoms with Gasteiger partial charge >= 0.3 is 0 Å². The van der Waals surface area contributed by atoms with E-state index in [9.17, 15) is 9.59 Å². The molecule has 1 rings (SSSR count). The Morgan fingerprint density at radius 3 is 2.30 bits per heavy atom. The van der Waals surface area contributed by atoms with E-state index in [0.29, 0.717) is 18.8 Å². The van der Waals surface area contributed by atoms with Gasteiger partial charge in [0.15, 0.2) is 0 Å². The van der Waals surface area contributed by atoms with Crippen LogP contribution >= 0.6 is 0 Å².